The average Bonchev–Trinajstić information content (AvgIpc) is 2.61. The molecule has 1 atom stereocenters. The second-order valence-electron chi connectivity index (χ2n) is 3.74. The van der Waals surface area contributed by atoms with Gasteiger partial charge in [0.15, 0.2) is 5.82 Å². The summed E-state index contributed by atoms with van der Waals surface area (Å²) in [6, 6.07) is 0. The third-order valence-corrected chi connectivity index (χ3v) is 2.23. The van der Waals surface area contributed by atoms with Crippen LogP contribution in [0.25, 0.3) is 0 Å². The largest absolute Gasteiger partial charge is 0.348 e. The number of aromatic nitrogens is 3. The summed E-state index contributed by atoms with van der Waals surface area (Å²) in [5.74, 6) is 1.53. The number of rotatable bonds is 5. The lowest BCUT2D eigenvalue weighted by Crippen LogP contribution is -2.29. The van der Waals surface area contributed by atoms with Gasteiger partial charge in [0.25, 0.3) is 0 Å². The summed E-state index contributed by atoms with van der Waals surface area (Å²) < 4.78 is 0. The lowest BCUT2D eigenvalue weighted by atomic mass is 10.1. The van der Waals surface area contributed by atoms with Crippen molar-refractivity contribution in [1.82, 2.24) is 20.5 Å². The fourth-order valence-corrected chi connectivity index (χ4v) is 1.37. The molecule has 0 spiro atoms. The quantitative estimate of drug-likeness (QED) is 0.766. The minimum absolute atomic E-state index is 0.0649. The third kappa shape index (κ3) is 3.69. The summed E-state index contributed by atoms with van der Waals surface area (Å²) in [5.41, 5.74) is 0. The molecule has 0 aliphatic carbocycles. The highest BCUT2D eigenvalue weighted by Gasteiger charge is 2.11. The zero-order valence-electron chi connectivity index (χ0n) is 9.50. The van der Waals surface area contributed by atoms with Crippen LogP contribution < -0.4 is 5.32 Å². The van der Waals surface area contributed by atoms with Crippen molar-refractivity contribution in [2.75, 3.05) is 0 Å². The number of hydrogen-bond donors (Lipinski definition) is 2. The van der Waals surface area contributed by atoms with Crippen LogP contribution in [0.1, 0.15) is 38.3 Å². The topological polar surface area (TPSA) is 70.7 Å². The van der Waals surface area contributed by atoms with Crippen molar-refractivity contribution in [1.29, 1.82) is 0 Å². The number of nitrogens with one attached hydrogen (secondary N) is 2. The van der Waals surface area contributed by atoms with Crippen LogP contribution in [-0.2, 0) is 11.3 Å². The molecule has 1 aromatic rings. The molecule has 0 saturated carbocycles. The van der Waals surface area contributed by atoms with Crippen molar-refractivity contribution in [3.8, 4) is 0 Å². The van der Waals surface area contributed by atoms with Crippen molar-refractivity contribution in [2.24, 2.45) is 5.92 Å². The molecular formula is C10H18N4O. The number of aryl methyl sites for hydroxylation is 1. The van der Waals surface area contributed by atoms with E-state index in [1.807, 2.05) is 13.8 Å². The van der Waals surface area contributed by atoms with Gasteiger partial charge in [0.2, 0.25) is 5.91 Å². The number of carbonyl (C=O) groups excluding carboxylic acids is 1. The Hall–Kier alpha value is -1.39. The van der Waals surface area contributed by atoms with Gasteiger partial charge in [-0.25, -0.2) is 4.98 Å². The van der Waals surface area contributed by atoms with Gasteiger partial charge in [-0.3, -0.25) is 9.89 Å². The molecule has 0 saturated heterocycles. The Morgan fingerprint density at radius 3 is 2.87 bits per heavy atom. The van der Waals surface area contributed by atoms with E-state index in [2.05, 4.69) is 27.4 Å². The maximum atomic E-state index is 11.5. The maximum absolute atomic E-state index is 11.5. The van der Waals surface area contributed by atoms with Crippen LogP contribution in [0.2, 0.25) is 0 Å². The second kappa shape index (κ2) is 5.48. The summed E-state index contributed by atoms with van der Waals surface area (Å²) in [6.45, 7) is 6.24. The van der Waals surface area contributed by atoms with E-state index in [4.69, 9.17) is 0 Å². The number of nitrogens with zero attached hydrogens (tertiary/aromatic N) is 2. The monoisotopic (exact) mass is 210 g/mol. The van der Waals surface area contributed by atoms with Crippen molar-refractivity contribution < 1.29 is 4.79 Å². The van der Waals surface area contributed by atoms with E-state index in [9.17, 15) is 4.79 Å². The molecule has 1 unspecified atom stereocenters. The molecule has 5 nitrogen and oxygen atoms in total. The SMILES string of the molecule is CCCC(C)C(=O)NCc1n[nH]c(C)n1. The van der Waals surface area contributed by atoms with Crippen LogP contribution in [0.15, 0.2) is 0 Å². The number of amides is 1. The molecule has 0 fully saturated rings. The molecule has 1 aromatic heterocycles. The highest BCUT2D eigenvalue weighted by Crippen LogP contribution is 2.04. The summed E-state index contributed by atoms with van der Waals surface area (Å²) in [4.78, 5) is 15.6. The van der Waals surface area contributed by atoms with E-state index in [0.29, 0.717) is 12.4 Å². The van der Waals surface area contributed by atoms with E-state index in [1.165, 1.54) is 0 Å². The molecular weight excluding hydrogens is 192 g/mol. The summed E-state index contributed by atoms with van der Waals surface area (Å²) in [7, 11) is 0. The Balaban J connectivity index is 2.34. The number of aromatic amines is 1. The molecule has 0 aromatic carbocycles. The van der Waals surface area contributed by atoms with Crippen molar-refractivity contribution in [2.45, 2.75) is 40.2 Å². The smallest absolute Gasteiger partial charge is 0.223 e. The zero-order chi connectivity index (χ0) is 11.3. The normalized spacial score (nSPS) is 12.5. The molecule has 5 heteroatoms. The predicted octanol–water partition coefficient (Wildman–Crippen LogP) is 1.17. The Labute approximate surface area is 89.7 Å². The van der Waals surface area contributed by atoms with Crippen LogP contribution >= 0.6 is 0 Å². The first-order valence-electron chi connectivity index (χ1n) is 5.29. The molecule has 0 bridgehead atoms. The predicted molar refractivity (Wildman–Crippen MR) is 57.0 cm³/mol. The molecule has 2 N–H and O–H groups in total. The van der Waals surface area contributed by atoms with Gasteiger partial charge < -0.3 is 5.32 Å². The fraction of sp³-hybridized carbons (Fsp3) is 0.700. The van der Waals surface area contributed by atoms with E-state index in [1.54, 1.807) is 0 Å². The average molecular weight is 210 g/mol. The van der Waals surface area contributed by atoms with E-state index in [-0.39, 0.29) is 11.8 Å². The van der Waals surface area contributed by atoms with Crippen LogP contribution in [0.4, 0.5) is 0 Å². The first kappa shape index (κ1) is 11.7. The second-order valence-corrected chi connectivity index (χ2v) is 3.74. The van der Waals surface area contributed by atoms with Crippen LogP contribution in [0.5, 0.6) is 0 Å². The van der Waals surface area contributed by atoms with Gasteiger partial charge in [-0.2, -0.15) is 5.10 Å². The van der Waals surface area contributed by atoms with Gasteiger partial charge in [-0.15, -0.1) is 0 Å². The number of hydrogen-bond acceptors (Lipinski definition) is 3. The minimum atomic E-state index is 0.0649. The van der Waals surface area contributed by atoms with Crippen LogP contribution in [-0.4, -0.2) is 21.1 Å². The first-order chi connectivity index (χ1) is 7.13. The molecule has 0 aliphatic rings. The molecule has 0 radical (unpaired) electrons. The lowest BCUT2D eigenvalue weighted by molar-refractivity contribution is -0.124. The Morgan fingerprint density at radius 2 is 2.33 bits per heavy atom. The summed E-state index contributed by atoms with van der Waals surface area (Å²) in [5, 5.41) is 9.49. The molecule has 84 valence electrons. The number of H-pyrrole nitrogens is 1. The molecule has 1 rings (SSSR count). The highest BCUT2D eigenvalue weighted by atomic mass is 16.1. The van der Waals surface area contributed by atoms with Crippen molar-refractivity contribution in [3.63, 3.8) is 0 Å². The summed E-state index contributed by atoms with van der Waals surface area (Å²) >= 11 is 0. The van der Waals surface area contributed by atoms with Crippen molar-refractivity contribution >= 4 is 5.91 Å². The fourth-order valence-electron chi connectivity index (χ4n) is 1.37. The first-order valence-corrected chi connectivity index (χ1v) is 5.29. The highest BCUT2D eigenvalue weighted by molar-refractivity contribution is 5.78. The molecule has 15 heavy (non-hydrogen) atoms. The van der Waals surface area contributed by atoms with Gasteiger partial charge >= 0.3 is 0 Å². The van der Waals surface area contributed by atoms with Crippen molar-refractivity contribution in [3.05, 3.63) is 11.6 Å². The van der Waals surface area contributed by atoms with E-state index < -0.39 is 0 Å². The van der Waals surface area contributed by atoms with E-state index >= 15 is 0 Å². The van der Waals surface area contributed by atoms with Crippen LogP contribution in [0.3, 0.4) is 0 Å². The van der Waals surface area contributed by atoms with E-state index in [0.717, 1.165) is 18.7 Å². The van der Waals surface area contributed by atoms with Gasteiger partial charge in [-0.1, -0.05) is 20.3 Å². The summed E-state index contributed by atoms with van der Waals surface area (Å²) in [6.07, 6.45) is 1.94. The molecule has 1 amide bonds. The number of carbonyl (C=O) groups is 1. The van der Waals surface area contributed by atoms with Gasteiger partial charge in [0, 0.05) is 5.92 Å². The maximum Gasteiger partial charge on any atom is 0.223 e. The molecule has 0 aliphatic heterocycles. The molecule has 1 heterocycles. The third-order valence-electron chi connectivity index (χ3n) is 2.23. The Kier molecular flexibility index (Phi) is 4.27. The minimum Gasteiger partial charge on any atom is -0.348 e. The van der Waals surface area contributed by atoms with Gasteiger partial charge in [0.1, 0.15) is 5.82 Å². The van der Waals surface area contributed by atoms with Gasteiger partial charge in [-0.05, 0) is 13.3 Å². The lowest BCUT2D eigenvalue weighted by Gasteiger charge is -2.09. The standard InChI is InChI=1S/C10H18N4O/c1-4-5-7(2)10(15)11-6-9-12-8(3)13-14-9/h7H,4-6H2,1-3H3,(H,11,15)(H,12,13,14). The zero-order valence-corrected chi connectivity index (χ0v) is 9.50. The van der Waals surface area contributed by atoms with Crippen LogP contribution in [0, 0.1) is 12.8 Å². The Bertz CT molecular complexity index is 321. The van der Waals surface area contributed by atoms with Gasteiger partial charge in [0.05, 0.1) is 6.54 Å². The Morgan fingerprint density at radius 1 is 1.60 bits per heavy atom.